The summed E-state index contributed by atoms with van der Waals surface area (Å²) >= 11 is 7.48. The monoisotopic (exact) mass is 486 g/mol. The van der Waals surface area contributed by atoms with E-state index < -0.39 is 0 Å². The topological polar surface area (TPSA) is 85.9 Å². The van der Waals surface area contributed by atoms with Gasteiger partial charge < -0.3 is 24.8 Å². The van der Waals surface area contributed by atoms with Crippen LogP contribution in [-0.4, -0.2) is 38.4 Å². The molecule has 0 bridgehead atoms. The molecule has 0 spiro atoms. The van der Waals surface area contributed by atoms with Crippen molar-refractivity contribution < 1.29 is 23.8 Å². The van der Waals surface area contributed by atoms with E-state index in [4.69, 9.17) is 25.8 Å². The lowest BCUT2D eigenvalue weighted by molar-refractivity contribution is -0.118. The van der Waals surface area contributed by atoms with Gasteiger partial charge in [0.1, 0.15) is 17.2 Å². The van der Waals surface area contributed by atoms with Gasteiger partial charge in [-0.25, -0.2) is 0 Å². The third kappa shape index (κ3) is 7.34. The van der Waals surface area contributed by atoms with Gasteiger partial charge in [-0.1, -0.05) is 35.9 Å². The number of hydrogen-bond acceptors (Lipinski definition) is 6. The van der Waals surface area contributed by atoms with Gasteiger partial charge in [0.25, 0.3) is 5.91 Å². The number of nitrogens with one attached hydrogen (secondary N) is 2. The van der Waals surface area contributed by atoms with Crippen molar-refractivity contribution in [3.05, 3.63) is 71.8 Å². The molecule has 3 aromatic rings. The summed E-state index contributed by atoms with van der Waals surface area (Å²) < 4.78 is 15.9. The molecule has 9 heteroatoms. The van der Waals surface area contributed by atoms with Crippen LogP contribution in [0, 0.1) is 0 Å². The van der Waals surface area contributed by atoms with E-state index in [2.05, 4.69) is 10.6 Å². The van der Waals surface area contributed by atoms with Crippen molar-refractivity contribution in [2.45, 2.75) is 4.90 Å². The molecule has 7 nitrogen and oxygen atoms in total. The molecule has 0 saturated carbocycles. The van der Waals surface area contributed by atoms with Gasteiger partial charge >= 0.3 is 0 Å². The maximum atomic E-state index is 12.5. The van der Waals surface area contributed by atoms with E-state index in [1.54, 1.807) is 42.5 Å². The number of para-hydroxylation sites is 1. The number of methoxy groups -OCH3 is 2. The Morgan fingerprint density at radius 2 is 1.64 bits per heavy atom. The highest BCUT2D eigenvalue weighted by Crippen LogP contribution is 2.36. The standard InChI is InChI=1S/C24H23ClN2O5S/c1-30-21-13-22(31-2)20(12-19(21)25)27-24(29)15-33-18-10-6-7-16(11-18)26-23(28)14-32-17-8-4-3-5-9-17/h3-13H,14-15H2,1-2H3,(H,26,28)(H,27,29). The molecule has 0 atom stereocenters. The van der Waals surface area contributed by atoms with Gasteiger partial charge in [0.2, 0.25) is 5.91 Å². The molecule has 2 N–H and O–H groups in total. The first-order valence-electron chi connectivity index (χ1n) is 9.90. The molecule has 172 valence electrons. The Hall–Kier alpha value is -3.36. The number of carbonyl (C=O) groups is 2. The van der Waals surface area contributed by atoms with Crippen LogP contribution in [0.3, 0.4) is 0 Å². The summed E-state index contributed by atoms with van der Waals surface area (Å²) in [7, 11) is 3.00. The van der Waals surface area contributed by atoms with Crippen molar-refractivity contribution in [2.24, 2.45) is 0 Å². The van der Waals surface area contributed by atoms with Crippen LogP contribution in [-0.2, 0) is 9.59 Å². The molecule has 3 aromatic carbocycles. The van der Waals surface area contributed by atoms with E-state index >= 15 is 0 Å². The van der Waals surface area contributed by atoms with Crippen LogP contribution in [0.2, 0.25) is 5.02 Å². The Labute approximate surface area is 201 Å². The first kappa shape index (κ1) is 24.3. The number of rotatable bonds is 10. The second kappa shape index (κ2) is 12.0. The molecule has 33 heavy (non-hydrogen) atoms. The fourth-order valence-electron chi connectivity index (χ4n) is 2.82. The zero-order valence-electron chi connectivity index (χ0n) is 18.1. The molecule has 0 unspecified atom stereocenters. The molecule has 0 aromatic heterocycles. The molecule has 3 rings (SSSR count). The molecule has 0 radical (unpaired) electrons. The smallest absolute Gasteiger partial charge is 0.262 e. The molecule has 0 aliphatic heterocycles. The van der Waals surface area contributed by atoms with Crippen molar-refractivity contribution in [2.75, 3.05) is 37.2 Å². The number of ether oxygens (including phenoxy) is 3. The number of amides is 2. The number of hydrogen-bond donors (Lipinski definition) is 2. The summed E-state index contributed by atoms with van der Waals surface area (Å²) in [5.74, 6) is 1.16. The quantitative estimate of drug-likeness (QED) is 0.387. The minimum Gasteiger partial charge on any atom is -0.495 e. The number of benzene rings is 3. The van der Waals surface area contributed by atoms with Crippen LogP contribution in [0.15, 0.2) is 71.6 Å². The third-order valence-electron chi connectivity index (χ3n) is 4.35. The maximum Gasteiger partial charge on any atom is 0.262 e. The molecule has 0 saturated heterocycles. The molecular weight excluding hydrogens is 464 g/mol. The highest BCUT2D eigenvalue weighted by atomic mass is 35.5. The minimum absolute atomic E-state index is 0.101. The Morgan fingerprint density at radius 3 is 2.36 bits per heavy atom. The van der Waals surface area contributed by atoms with E-state index in [1.165, 1.54) is 26.0 Å². The fraction of sp³-hybridized carbons (Fsp3) is 0.167. The van der Waals surface area contributed by atoms with Crippen molar-refractivity contribution in [3.63, 3.8) is 0 Å². The SMILES string of the molecule is COc1cc(OC)c(NC(=O)CSc2cccc(NC(=O)COc3ccccc3)c2)cc1Cl. The van der Waals surface area contributed by atoms with Crippen molar-refractivity contribution in [3.8, 4) is 17.2 Å². The summed E-state index contributed by atoms with van der Waals surface area (Å²) in [4.78, 5) is 25.4. The molecule has 0 aliphatic carbocycles. The van der Waals surface area contributed by atoms with Crippen LogP contribution < -0.4 is 24.8 Å². The summed E-state index contributed by atoms with van der Waals surface area (Å²) in [6.07, 6.45) is 0. The maximum absolute atomic E-state index is 12.5. The average Bonchev–Trinajstić information content (AvgIpc) is 2.82. The van der Waals surface area contributed by atoms with Crippen molar-refractivity contribution in [1.82, 2.24) is 0 Å². The number of thioether (sulfide) groups is 1. The van der Waals surface area contributed by atoms with Crippen LogP contribution in [0.1, 0.15) is 0 Å². The fourth-order valence-corrected chi connectivity index (χ4v) is 3.82. The van der Waals surface area contributed by atoms with Crippen LogP contribution in [0.5, 0.6) is 17.2 Å². The van der Waals surface area contributed by atoms with Gasteiger partial charge in [0, 0.05) is 16.6 Å². The first-order valence-corrected chi connectivity index (χ1v) is 11.3. The van der Waals surface area contributed by atoms with E-state index in [1.807, 2.05) is 24.3 Å². The van der Waals surface area contributed by atoms with Gasteiger partial charge in [0.15, 0.2) is 6.61 Å². The Morgan fingerprint density at radius 1 is 0.879 bits per heavy atom. The largest absolute Gasteiger partial charge is 0.495 e. The van der Waals surface area contributed by atoms with E-state index in [0.717, 1.165) is 4.90 Å². The summed E-state index contributed by atoms with van der Waals surface area (Å²) in [6.45, 7) is -0.101. The summed E-state index contributed by atoms with van der Waals surface area (Å²) in [6, 6.07) is 19.5. The lowest BCUT2D eigenvalue weighted by Crippen LogP contribution is -2.20. The van der Waals surface area contributed by atoms with Gasteiger partial charge in [-0.05, 0) is 36.4 Å². The minimum atomic E-state index is -0.276. The predicted molar refractivity (Wildman–Crippen MR) is 131 cm³/mol. The summed E-state index contributed by atoms with van der Waals surface area (Å²) in [5, 5.41) is 5.95. The second-order valence-electron chi connectivity index (χ2n) is 6.70. The van der Waals surface area contributed by atoms with Crippen molar-refractivity contribution >= 4 is 46.6 Å². The molecule has 0 fully saturated rings. The Kier molecular flexibility index (Phi) is 8.86. The van der Waals surface area contributed by atoms with Crippen LogP contribution in [0.25, 0.3) is 0 Å². The zero-order chi connectivity index (χ0) is 23.6. The molecule has 2 amide bonds. The van der Waals surface area contributed by atoms with Crippen molar-refractivity contribution in [1.29, 1.82) is 0 Å². The lowest BCUT2D eigenvalue weighted by Gasteiger charge is -2.13. The van der Waals surface area contributed by atoms with Gasteiger partial charge in [-0.2, -0.15) is 0 Å². The zero-order valence-corrected chi connectivity index (χ0v) is 19.7. The number of carbonyl (C=O) groups excluding carboxylic acids is 2. The Bertz CT molecular complexity index is 1110. The number of anilines is 2. The molecule has 0 heterocycles. The molecular formula is C24H23ClN2O5S. The first-order chi connectivity index (χ1) is 16.0. The lowest BCUT2D eigenvalue weighted by atomic mass is 10.2. The van der Waals surface area contributed by atoms with Gasteiger partial charge in [0.05, 0.1) is 30.7 Å². The van der Waals surface area contributed by atoms with Crippen LogP contribution >= 0.6 is 23.4 Å². The van der Waals surface area contributed by atoms with Gasteiger partial charge in [-0.3, -0.25) is 9.59 Å². The van der Waals surface area contributed by atoms with E-state index in [0.29, 0.717) is 33.6 Å². The predicted octanol–water partition coefficient (Wildman–Crippen LogP) is 5.11. The second-order valence-corrected chi connectivity index (χ2v) is 8.16. The average molecular weight is 487 g/mol. The van der Waals surface area contributed by atoms with E-state index in [-0.39, 0.29) is 24.2 Å². The third-order valence-corrected chi connectivity index (χ3v) is 5.64. The highest BCUT2D eigenvalue weighted by Gasteiger charge is 2.13. The molecule has 0 aliphatic rings. The normalized spacial score (nSPS) is 10.3. The van der Waals surface area contributed by atoms with Gasteiger partial charge in [-0.15, -0.1) is 11.8 Å². The summed E-state index contributed by atoms with van der Waals surface area (Å²) in [5.41, 5.74) is 1.07. The number of halogens is 1. The Balaban J connectivity index is 1.52. The van der Waals surface area contributed by atoms with E-state index in [9.17, 15) is 9.59 Å². The highest BCUT2D eigenvalue weighted by molar-refractivity contribution is 8.00. The van der Waals surface area contributed by atoms with Crippen LogP contribution in [0.4, 0.5) is 11.4 Å².